The molecule has 0 radical (unpaired) electrons. The maximum atomic E-state index is 6.10. The van der Waals surface area contributed by atoms with Gasteiger partial charge in [0, 0.05) is 10.8 Å². The second kappa shape index (κ2) is 3.47. The molecule has 0 spiro atoms. The molecule has 0 saturated heterocycles. The van der Waals surface area contributed by atoms with E-state index < -0.39 is 0 Å². The highest BCUT2D eigenvalue weighted by molar-refractivity contribution is 6.23. The highest BCUT2D eigenvalue weighted by Crippen LogP contribution is 2.51. The lowest BCUT2D eigenvalue weighted by atomic mass is 9.98. The second-order valence-electron chi connectivity index (χ2n) is 4.05. The Balaban J connectivity index is 2.15. The highest BCUT2D eigenvalue weighted by Gasteiger charge is 2.50. The summed E-state index contributed by atoms with van der Waals surface area (Å²) in [6, 6.07) is 8.28. The van der Waals surface area contributed by atoms with Gasteiger partial charge >= 0.3 is 0 Å². The normalized spacial score (nSPS) is 30.1. The van der Waals surface area contributed by atoms with Crippen LogP contribution in [0.3, 0.4) is 0 Å². The van der Waals surface area contributed by atoms with Crippen molar-refractivity contribution in [2.75, 3.05) is 6.61 Å². The van der Waals surface area contributed by atoms with Gasteiger partial charge < -0.3 is 4.74 Å². The van der Waals surface area contributed by atoms with Crippen LogP contribution < -0.4 is 4.74 Å². The number of alkyl halides is 1. The summed E-state index contributed by atoms with van der Waals surface area (Å²) >= 11 is 6.10. The molecule has 1 nitrogen and oxygen atoms in total. The molecule has 1 aromatic rings. The van der Waals surface area contributed by atoms with E-state index >= 15 is 0 Å². The van der Waals surface area contributed by atoms with Gasteiger partial charge in [-0.15, -0.1) is 11.6 Å². The minimum atomic E-state index is 0.201. The van der Waals surface area contributed by atoms with Gasteiger partial charge in [-0.05, 0) is 31.0 Å². The number of hydrogen-bond donors (Lipinski definition) is 0. The molecule has 2 unspecified atom stereocenters. The zero-order valence-electron chi connectivity index (χ0n) is 8.59. The van der Waals surface area contributed by atoms with Crippen molar-refractivity contribution in [3.8, 4) is 5.75 Å². The molecule has 2 atom stereocenters. The Labute approximate surface area is 90.0 Å². The molecule has 0 amide bonds. The third kappa shape index (κ3) is 1.61. The average molecular weight is 211 g/mol. The van der Waals surface area contributed by atoms with Crippen molar-refractivity contribution < 1.29 is 4.74 Å². The van der Waals surface area contributed by atoms with Crippen LogP contribution in [0, 0.1) is 0 Å². The van der Waals surface area contributed by atoms with Crippen LogP contribution in [0.1, 0.15) is 25.8 Å². The van der Waals surface area contributed by atoms with Gasteiger partial charge in [0.15, 0.2) is 0 Å². The zero-order chi connectivity index (χ0) is 10.2. The fourth-order valence-electron chi connectivity index (χ4n) is 1.71. The summed E-state index contributed by atoms with van der Waals surface area (Å²) in [6.45, 7) is 4.92. The van der Waals surface area contributed by atoms with E-state index in [4.69, 9.17) is 16.3 Å². The monoisotopic (exact) mass is 210 g/mol. The predicted octanol–water partition coefficient (Wildman–Crippen LogP) is 3.35. The molecule has 0 heterocycles. The maximum Gasteiger partial charge on any atom is 0.119 e. The molecule has 2 rings (SSSR count). The number of benzene rings is 1. The number of hydrogen-bond acceptors (Lipinski definition) is 1. The van der Waals surface area contributed by atoms with Crippen molar-refractivity contribution in [3.63, 3.8) is 0 Å². The molecule has 76 valence electrons. The third-order valence-corrected chi connectivity index (χ3v) is 3.60. The molecule has 1 saturated carbocycles. The van der Waals surface area contributed by atoms with Crippen LogP contribution in [0.4, 0.5) is 0 Å². The van der Waals surface area contributed by atoms with Crippen LogP contribution in [0.5, 0.6) is 5.75 Å². The van der Waals surface area contributed by atoms with Crippen molar-refractivity contribution in [2.24, 2.45) is 0 Å². The van der Waals surface area contributed by atoms with Gasteiger partial charge in [-0.1, -0.05) is 19.1 Å². The van der Waals surface area contributed by atoms with Crippen molar-refractivity contribution in [2.45, 2.75) is 31.1 Å². The molecule has 0 aromatic heterocycles. The standard InChI is InChI=1S/C12H15ClO/c1-3-14-10-6-4-9(5-7-10)12(2)8-11(12)13/h4-7,11H,3,8H2,1-2H3. The average Bonchev–Trinajstić information content (AvgIpc) is 2.78. The molecule has 1 aliphatic rings. The Kier molecular flexibility index (Phi) is 2.44. The van der Waals surface area contributed by atoms with Gasteiger partial charge in [-0.2, -0.15) is 0 Å². The van der Waals surface area contributed by atoms with Gasteiger partial charge in [-0.25, -0.2) is 0 Å². The zero-order valence-corrected chi connectivity index (χ0v) is 9.34. The molecule has 0 aliphatic heterocycles. The molecular weight excluding hydrogens is 196 g/mol. The fraction of sp³-hybridized carbons (Fsp3) is 0.500. The van der Waals surface area contributed by atoms with Gasteiger partial charge in [0.2, 0.25) is 0 Å². The van der Waals surface area contributed by atoms with Crippen molar-refractivity contribution in [3.05, 3.63) is 29.8 Å². The van der Waals surface area contributed by atoms with E-state index in [1.54, 1.807) is 0 Å². The molecule has 0 bridgehead atoms. The van der Waals surface area contributed by atoms with E-state index in [0.29, 0.717) is 5.38 Å². The van der Waals surface area contributed by atoms with Gasteiger partial charge in [0.05, 0.1) is 6.61 Å². The first-order chi connectivity index (χ1) is 6.66. The van der Waals surface area contributed by atoms with Crippen LogP contribution >= 0.6 is 11.6 Å². The predicted molar refractivity (Wildman–Crippen MR) is 59.2 cm³/mol. The molecule has 0 N–H and O–H groups in total. The van der Waals surface area contributed by atoms with E-state index in [-0.39, 0.29) is 5.41 Å². The Morgan fingerprint density at radius 3 is 2.43 bits per heavy atom. The number of ether oxygens (including phenoxy) is 1. The van der Waals surface area contributed by atoms with Crippen LogP contribution in [0.25, 0.3) is 0 Å². The molecule has 1 aliphatic carbocycles. The fourth-order valence-corrected chi connectivity index (χ4v) is 2.16. The first-order valence-corrected chi connectivity index (χ1v) is 5.48. The first kappa shape index (κ1) is 9.85. The minimum Gasteiger partial charge on any atom is -0.494 e. The lowest BCUT2D eigenvalue weighted by Crippen LogP contribution is -2.03. The summed E-state index contributed by atoms with van der Waals surface area (Å²) in [5.74, 6) is 0.937. The largest absolute Gasteiger partial charge is 0.494 e. The maximum absolute atomic E-state index is 6.10. The van der Waals surface area contributed by atoms with E-state index in [9.17, 15) is 0 Å². The molecule has 1 aromatic carbocycles. The Bertz CT molecular complexity index is 320. The summed E-state index contributed by atoms with van der Waals surface area (Å²) in [7, 11) is 0. The van der Waals surface area contributed by atoms with Crippen molar-refractivity contribution in [1.82, 2.24) is 0 Å². The van der Waals surface area contributed by atoms with Crippen LogP contribution in [-0.2, 0) is 5.41 Å². The SMILES string of the molecule is CCOc1ccc(C2(C)CC2Cl)cc1. The van der Waals surface area contributed by atoms with E-state index in [0.717, 1.165) is 18.8 Å². The Morgan fingerprint density at radius 2 is 2.00 bits per heavy atom. The Hall–Kier alpha value is -0.690. The summed E-state index contributed by atoms with van der Waals surface area (Å²) in [5, 5.41) is 0.306. The first-order valence-electron chi connectivity index (χ1n) is 5.04. The van der Waals surface area contributed by atoms with Crippen LogP contribution in [-0.4, -0.2) is 12.0 Å². The Morgan fingerprint density at radius 1 is 1.43 bits per heavy atom. The summed E-state index contributed by atoms with van der Waals surface area (Å²) < 4.78 is 5.39. The van der Waals surface area contributed by atoms with Crippen molar-refractivity contribution >= 4 is 11.6 Å². The van der Waals surface area contributed by atoms with Crippen molar-refractivity contribution in [1.29, 1.82) is 0 Å². The summed E-state index contributed by atoms with van der Waals surface area (Å²) in [6.07, 6.45) is 1.09. The second-order valence-corrected chi connectivity index (χ2v) is 4.57. The van der Waals surface area contributed by atoms with E-state index in [1.165, 1.54) is 5.56 Å². The minimum absolute atomic E-state index is 0.201. The third-order valence-electron chi connectivity index (χ3n) is 2.96. The topological polar surface area (TPSA) is 9.23 Å². The molecule has 14 heavy (non-hydrogen) atoms. The van der Waals surface area contributed by atoms with E-state index in [1.807, 2.05) is 19.1 Å². The molecule has 2 heteroatoms. The quantitative estimate of drug-likeness (QED) is 0.696. The van der Waals surface area contributed by atoms with Crippen LogP contribution in [0.2, 0.25) is 0 Å². The van der Waals surface area contributed by atoms with Gasteiger partial charge in [-0.3, -0.25) is 0 Å². The number of halogens is 1. The van der Waals surface area contributed by atoms with Crippen LogP contribution in [0.15, 0.2) is 24.3 Å². The summed E-state index contributed by atoms with van der Waals surface area (Å²) in [5.41, 5.74) is 1.52. The molecule has 1 fully saturated rings. The van der Waals surface area contributed by atoms with Gasteiger partial charge in [0.1, 0.15) is 5.75 Å². The lowest BCUT2D eigenvalue weighted by molar-refractivity contribution is 0.340. The number of rotatable bonds is 3. The smallest absolute Gasteiger partial charge is 0.119 e. The highest BCUT2D eigenvalue weighted by atomic mass is 35.5. The lowest BCUT2D eigenvalue weighted by Gasteiger charge is -2.10. The van der Waals surface area contributed by atoms with Gasteiger partial charge in [0.25, 0.3) is 0 Å². The molecular formula is C12H15ClO. The van der Waals surface area contributed by atoms with E-state index in [2.05, 4.69) is 19.1 Å². The summed E-state index contributed by atoms with van der Waals surface area (Å²) in [4.78, 5) is 0.